The van der Waals surface area contributed by atoms with Gasteiger partial charge in [-0.1, -0.05) is 38.5 Å². The highest BCUT2D eigenvalue weighted by Gasteiger charge is 2.28. The lowest BCUT2D eigenvalue weighted by Crippen LogP contribution is -2.42. The monoisotopic (exact) mass is 414 g/mol. The summed E-state index contributed by atoms with van der Waals surface area (Å²) in [7, 11) is 0. The number of thiophene rings is 1. The fourth-order valence-corrected chi connectivity index (χ4v) is 5.34. The topological polar surface area (TPSA) is 75.4 Å². The second kappa shape index (κ2) is 10.4. The summed E-state index contributed by atoms with van der Waals surface area (Å²) in [6.45, 7) is 4.70. The van der Waals surface area contributed by atoms with Gasteiger partial charge in [-0.05, 0) is 72.2 Å². The van der Waals surface area contributed by atoms with Crippen molar-refractivity contribution >= 4 is 17.2 Å². The Labute approximate surface area is 178 Å². The number of nitrogens with one attached hydrogen (secondary N) is 1. The van der Waals surface area contributed by atoms with E-state index in [1.165, 1.54) is 27.1 Å². The minimum Gasteiger partial charge on any atom is -0.391 e. The number of fused-ring (bicyclic) bond motifs is 1. The van der Waals surface area contributed by atoms with E-state index in [0.29, 0.717) is 13.0 Å². The van der Waals surface area contributed by atoms with Gasteiger partial charge in [0.05, 0.1) is 12.0 Å². The van der Waals surface area contributed by atoms with Crippen molar-refractivity contribution in [3.05, 3.63) is 56.8 Å². The molecule has 1 aromatic heterocycles. The molecule has 0 aliphatic heterocycles. The van der Waals surface area contributed by atoms with Crippen molar-refractivity contribution in [1.82, 2.24) is 5.32 Å². The Hall–Kier alpha value is -1.69. The number of aliphatic hydroxyl groups is 1. The lowest BCUT2D eigenvalue weighted by atomic mass is 9.86. The van der Waals surface area contributed by atoms with Gasteiger partial charge in [0, 0.05) is 17.5 Å². The number of nitrogens with two attached hydrogens (primary N) is 1. The van der Waals surface area contributed by atoms with E-state index < -0.39 is 17.9 Å². The second-order valence-electron chi connectivity index (χ2n) is 8.14. The third kappa shape index (κ3) is 5.47. The number of rotatable bonds is 10. The summed E-state index contributed by atoms with van der Waals surface area (Å²) in [6, 6.07) is 9.11. The third-order valence-corrected chi connectivity index (χ3v) is 7.08. The Morgan fingerprint density at radius 1 is 1.34 bits per heavy atom. The molecule has 3 unspecified atom stereocenters. The maximum Gasteiger partial charge on any atom is 0.223 e. The van der Waals surface area contributed by atoms with Gasteiger partial charge >= 0.3 is 0 Å². The van der Waals surface area contributed by atoms with Crippen LogP contribution in [-0.2, 0) is 30.5 Å². The van der Waals surface area contributed by atoms with E-state index in [2.05, 4.69) is 48.8 Å². The standard InChI is InChI=1S/C24H34N2O2S/c1-3-6-18-11-12-29-23(18)14-20(24(25)28)22(27)15-26-21-8-5-7-17-10-9-16(4-2)13-19(17)21/h9-13,20-22,26-27H,3-8,14-15H2,1-2H3,(H2,25,28). The predicted molar refractivity (Wildman–Crippen MR) is 120 cm³/mol. The molecule has 1 amide bonds. The highest BCUT2D eigenvalue weighted by molar-refractivity contribution is 7.10. The van der Waals surface area contributed by atoms with Crippen molar-refractivity contribution < 1.29 is 9.90 Å². The van der Waals surface area contributed by atoms with E-state index in [4.69, 9.17) is 5.73 Å². The molecule has 1 heterocycles. The lowest BCUT2D eigenvalue weighted by Gasteiger charge is -2.29. The van der Waals surface area contributed by atoms with Crippen LogP contribution in [0.5, 0.6) is 0 Å². The van der Waals surface area contributed by atoms with E-state index in [0.717, 1.165) is 38.5 Å². The number of primary amides is 1. The molecule has 3 rings (SSSR count). The van der Waals surface area contributed by atoms with Gasteiger partial charge in [-0.25, -0.2) is 0 Å². The molecule has 1 aromatic carbocycles. The number of hydrogen-bond acceptors (Lipinski definition) is 4. The van der Waals surface area contributed by atoms with Gasteiger partial charge < -0.3 is 16.2 Å². The Kier molecular flexibility index (Phi) is 7.87. The van der Waals surface area contributed by atoms with Crippen LogP contribution in [0.25, 0.3) is 0 Å². The Bertz CT molecular complexity index is 817. The predicted octanol–water partition coefficient (Wildman–Crippen LogP) is 3.94. The number of carbonyl (C=O) groups is 1. The minimum atomic E-state index is -0.788. The zero-order valence-corrected chi connectivity index (χ0v) is 18.4. The van der Waals surface area contributed by atoms with E-state index in [1.54, 1.807) is 11.3 Å². The van der Waals surface area contributed by atoms with Crippen molar-refractivity contribution in [3.8, 4) is 0 Å². The van der Waals surface area contributed by atoms with Crippen LogP contribution >= 0.6 is 11.3 Å². The molecule has 1 aliphatic rings. The van der Waals surface area contributed by atoms with Crippen molar-refractivity contribution in [2.24, 2.45) is 11.7 Å². The largest absolute Gasteiger partial charge is 0.391 e. The molecule has 0 radical (unpaired) electrons. The van der Waals surface area contributed by atoms with Crippen LogP contribution in [0.2, 0.25) is 0 Å². The highest BCUT2D eigenvalue weighted by Crippen LogP contribution is 2.31. The molecular weight excluding hydrogens is 380 g/mol. The molecule has 4 N–H and O–H groups in total. The fourth-order valence-electron chi connectivity index (χ4n) is 4.35. The number of aliphatic hydroxyl groups excluding tert-OH is 1. The van der Waals surface area contributed by atoms with Gasteiger partial charge in [-0.3, -0.25) is 4.79 Å². The van der Waals surface area contributed by atoms with Crippen LogP contribution in [0.3, 0.4) is 0 Å². The molecule has 1 aliphatic carbocycles. The smallest absolute Gasteiger partial charge is 0.223 e. The Balaban J connectivity index is 1.66. The van der Waals surface area contributed by atoms with Gasteiger partial charge in [0.2, 0.25) is 5.91 Å². The maximum absolute atomic E-state index is 12.1. The number of amides is 1. The fraction of sp³-hybridized carbons (Fsp3) is 0.542. The molecule has 0 bridgehead atoms. The van der Waals surface area contributed by atoms with Crippen molar-refractivity contribution in [2.45, 2.75) is 70.9 Å². The van der Waals surface area contributed by atoms with Gasteiger partial charge in [0.25, 0.3) is 0 Å². The molecule has 0 saturated carbocycles. The number of carbonyl (C=O) groups excluding carboxylic acids is 1. The van der Waals surface area contributed by atoms with E-state index in [1.807, 2.05) is 0 Å². The first-order valence-electron chi connectivity index (χ1n) is 10.9. The minimum absolute atomic E-state index is 0.228. The van der Waals surface area contributed by atoms with E-state index >= 15 is 0 Å². The lowest BCUT2D eigenvalue weighted by molar-refractivity contribution is -0.125. The molecular formula is C24H34N2O2S. The third-order valence-electron chi connectivity index (χ3n) is 6.10. The van der Waals surface area contributed by atoms with Gasteiger partial charge in [0.1, 0.15) is 0 Å². The van der Waals surface area contributed by atoms with Crippen LogP contribution in [0.1, 0.15) is 66.3 Å². The molecule has 0 spiro atoms. The summed E-state index contributed by atoms with van der Waals surface area (Å²) in [5, 5.41) is 16.4. The van der Waals surface area contributed by atoms with Gasteiger partial charge in [-0.15, -0.1) is 11.3 Å². The number of hydrogen-bond donors (Lipinski definition) is 3. The summed E-state index contributed by atoms with van der Waals surface area (Å²) < 4.78 is 0. The van der Waals surface area contributed by atoms with Gasteiger partial charge in [-0.2, -0.15) is 0 Å². The highest BCUT2D eigenvalue weighted by atomic mass is 32.1. The molecule has 158 valence electrons. The zero-order chi connectivity index (χ0) is 20.8. The van der Waals surface area contributed by atoms with E-state index in [9.17, 15) is 9.90 Å². The maximum atomic E-state index is 12.1. The average molecular weight is 415 g/mol. The Morgan fingerprint density at radius 3 is 2.90 bits per heavy atom. The Morgan fingerprint density at radius 2 is 2.17 bits per heavy atom. The zero-order valence-electron chi connectivity index (χ0n) is 17.6. The molecule has 29 heavy (non-hydrogen) atoms. The molecule has 4 nitrogen and oxygen atoms in total. The van der Waals surface area contributed by atoms with Crippen LogP contribution in [0.4, 0.5) is 0 Å². The van der Waals surface area contributed by atoms with Gasteiger partial charge in [0.15, 0.2) is 0 Å². The quantitative estimate of drug-likeness (QED) is 0.551. The summed E-state index contributed by atoms with van der Waals surface area (Å²) in [5.74, 6) is -0.991. The average Bonchev–Trinajstić information content (AvgIpc) is 3.16. The number of aryl methyl sites for hydroxylation is 3. The van der Waals surface area contributed by atoms with Crippen LogP contribution in [0, 0.1) is 5.92 Å². The molecule has 5 heteroatoms. The molecule has 0 fully saturated rings. The summed E-state index contributed by atoms with van der Waals surface area (Å²) >= 11 is 1.65. The molecule has 3 atom stereocenters. The molecule has 2 aromatic rings. The second-order valence-corrected chi connectivity index (χ2v) is 9.14. The van der Waals surface area contributed by atoms with Crippen molar-refractivity contribution in [3.63, 3.8) is 0 Å². The van der Waals surface area contributed by atoms with Crippen molar-refractivity contribution in [1.29, 1.82) is 0 Å². The first-order valence-corrected chi connectivity index (χ1v) is 11.8. The summed E-state index contributed by atoms with van der Waals surface area (Å²) in [5.41, 5.74) is 11.0. The first kappa shape index (κ1) is 22.0. The first-order chi connectivity index (χ1) is 14.0. The normalized spacial score (nSPS) is 18.2. The summed E-state index contributed by atoms with van der Waals surface area (Å²) in [6.07, 6.45) is 6.12. The summed E-state index contributed by atoms with van der Waals surface area (Å²) in [4.78, 5) is 13.3. The van der Waals surface area contributed by atoms with Crippen molar-refractivity contribution in [2.75, 3.05) is 6.54 Å². The van der Waals surface area contributed by atoms with Crippen LogP contribution < -0.4 is 11.1 Å². The van der Waals surface area contributed by atoms with Crippen LogP contribution in [0.15, 0.2) is 29.6 Å². The van der Waals surface area contributed by atoms with E-state index in [-0.39, 0.29) is 6.04 Å². The number of benzene rings is 1. The van der Waals surface area contributed by atoms with Crippen LogP contribution in [-0.4, -0.2) is 23.7 Å². The molecule has 0 saturated heterocycles. The SMILES string of the molecule is CCCc1ccsc1CC(C(N)=O)C(O)CNC1CCCc2ccc(CC)cc21.